The van der Waals surface area contributed by atoms with Gasteiger partial charge in [0.15, 0.2) is 5.84 Å². The number of hydrazone groups is 1. The van der Waals surface area contributed by atoms with Crippen LogP contribution in [0.2, 0.25) is 0 Å². The van der Waals surface area contributed by atoms with Gasteiger partial charge in [-0.2, -0.15) is 5.10 Å². The van der Waals surface area contributed by atoms with Gasteiger partial charge in [-0.3, -0.25) is 0 Å². The van der Waals surface area contributed by atoms with Crippen LogP contribution in [0, 0.1) is 6.92 Å². The van der Waals surface area contributed by atoms with E-state index in [4.69, 9.17) is 11.7 Å². The standard InChI is InChI=1S/C8H12N4.2C2H6/c1-6-2-4-7(5-3-6)8(11-9)12-10;2*1-2/h2-5H,9-10H2,1H3,(H,11,12);2*1-2H3. The predicted molar refractivity (Wildman–Crippen MR) is 71.9 cm³/mol. The van der Waals surface area contributed by atoms with Crippen LogP contribution < -0.4 is 17.1 Å². The summed E-state index contributed by atoms with van der Waals surface area (Å²) in [6.07, 6.45) is 0. The maximum Gasteiger partial charge on any atom is 0.166 e. The highest BCUT2D eigenvalue weighted by Gasteiger charge is 1.98. The van der Waals surface area contributed by atoms with Crippen molar-refractivity contribution in [2.75, 3.05) is 0 Å². The molecule has 0 saturated heterocycles. The van der Waals surface area contributed by atoms with Gasteiger partial charge < -0.3 is 11.3 Å². The molecule has 0 spiro atoms. The number of nitrogens with one attached hydrogen (secondary N) is 1. The Balaban J connectivity index is 0. The lowest BCUT2D eigenvalue weighted by Gasteiger charge is -2.03. The molecule has 1 aromatic carbocycles. The third kappa shape index (κ3) is 6.03. The second-order valence-electron chi connectivity index (χ2n) is 2.49. The molecule has 0 fully saturated rings. The monoisotopic (exact) mass is 224 g/mol. The van der Waals surface area contributed by atoms with Crippen LogP contribution in [0.15, 0.2) is 29.4 Å². The van der Waals surface area contributed by atoms with Crippen molar-refractivity contribution in [3.05, 3.63) is 35.4 Å². The van der Waals surface area contributed by atoms with Crippen molar-refractivity contribution in [3.63, 3.8) is 0 Å². The Kier molecular flexibility index (Phi) is 12.1. The first kappa shape index (κ1) is 16.9. The molecule has 0 saturated carbocycles. The Labute approximate surface area is 98.7 Å². The first-order valence-electron chi connectivity index (χ1n) is 5.59. The summed E-state index contributed by atoms with van der Waals surface area (Å²) < 4.78 is 0. The van der Waals surface area contributed by atoms with E-state index in [2.05, 4.69) is 10.5 Å². The third-order valence-electron chi connectivity index (χ3n) is 1.59. The molecule has 0 atom stereocenters. The normalized spacial score (nSPS) is 9.25. The molecule has 5 N–H and O–H groups in total. The molecule has 92 valence electrons. The summed E-state index contributed by atoms with van der Waals surface area (Å²) in [5, 5.41) is 3.49. The fourth-order valence-electron chi connectivity index (χ4n) is 0.907. The Hall–Kier alpha value is -1.55. The van der Waals surface area contributed by atoms with Gasteiger partial charge in [-0.25, -0.2) is 5.84 Å². The number of amidine groups is 1. The van der Waals surface area contributed by atoms with Crippen LogP contribution >= 0.6 is 0 Å². The van der Waals surface area contributed by atoms with Crippen LogP contribution in [0.5, 0.6) is 0 Å². The van der Waals surface area contributed by atoms with Crippen molar-refractivity contribution in [1.82, 2.24) is 5.43 Å². The largest absolute Gasteiger partial charge is 0.321 e. The minimum Gasteiger partial charge on any atom is -0.321 e. The average Bonchev–Trinajstić information content (AvgIpc) is 2.38. The summed E-state index contributed by atoms with van der Waals surface area (Å²) in [6.45, 7) is 10.0. The third-order valence-corrected chi connectivity index (χ3v) is 1.59. The quantitative estimate of drug-likeness (QED) is 0.296. The number of nitrogens with zero attached hydrogens (tertiary/aromatic N) is 1. The van der Waals surface area contributed by atoms with Crippen LogP contribution in [-0.4, -0.2) is 5.84 Å². The van der Waals surface area contributed by atoms with Crippen molar-refractivity contribution < 1.29 is 0 Å². The van der Waals surface area contributed by atoms with Crippen LogP contribution in [0.25, 0.3) is 0 Å². The number of benzene rings is 1. The molecule has 1 aromatic rings. The number of rotatable bonds is 1. The Morgan fingerprint density at radius 1 is 1.06 bits per heavy atom. The lowest BCUT2D eigenvalue weighted by molar-refractivity contribution is 1.00. The van der Waals surface area contributed by atoms with E-state index in [1.807, 2.05) is 58.9 Å². The van der Waals surface area contributed by atoms with E-state index in [1.54, 1.807) is 0 Å². The van der Waals surface area contributed by atoms with Crippen LogP contribution in [-0.2, 0) is 0 Å². The Morgan fingerprint density at radius 2 is 1.50 bits per heavy atom. The van der Waals surface area contributed by atoms with E-state index in [9.17, 15) is 0 Å². The SMILES string of the molecule is CC.CC.Cc1ccc(/C(=N/N)NN)cc1. The number of aryl methyl sites for hydroxylation is 1. The maximum atomic E-state index is 5.19. The zero-order valence-electron chi connectivity index (χ0n) is 10.9. The first-order chi connectivity index (χ1) is 7.77. The second-order valence-corrected chi connectivity index (χ2v) is 2.49. The van der Waals surface area contributed by atoms with Gasteiger partial charge in [-0.05, 0) is 6.92 Å². The molecule has 0 unspecified atom stereocenters. The summed E-state index contributed by atoms with van der Waals surface area (Å²) >= 11 is 0. The summed E-state index contributed by atoms with van der Waals surface area (Å²) in [4.78, 5) is 0. The smallest absolute Gasteiger partial charge is 0.166 e. The minimum atomic E-state index is 0.481. The van der Waals surface area contributed by atoms with Crippen LogP contribution in [0.3, 0.4) is 0 Å². The van der Waals surface area contributed by atoms with Gasteiger partial charge in [-0.1, -0.05) is 57.5 Å². The van der Waals surface area contributed by atoms with E-state index in [-0.39, 0.29) is 0 Å². The number of nitrogens with two attached hydrogens (primary N) is 2. The van der Waals surface area contributed by atoms with Gasteiger partial charge in [-0.15, -0.1) is 0 Å². The Morgan fingerprint density at radius 3 is 1.81 bits per heavy atom. The molecule has 0 bridgehead atoms. The van der Waals surface area contributed by atoms with Gasteiger partial charge in [0.1, 0.15) is 0 Å². The molecule has 0 aromatic heterocycles. The number of hydrogen-bond acceptors (Lipinski definition) is 3. The summed E-state index contributed by atoms with van der Waals surface area (Å²) in [6, 6.07) is 7.75. The van der Waals surface area contributed by atoms with Crippen molar-refractivity contribution >= 4 is 5.84 Å². The molecule has 1 rings (SSSR count). The highest BCUT2D eigenvalue weighted by atomic mass is 15.3. The van der Waals surface area contributed by atoms with Gasteiger partial charge in [0, 0.05) is 5.56 Å². The predicted octanol–water partition coefficient (Wildman–Crippen LogP) is 2.13. The van der Waals surface area contributed by atoms with E-state index in [0.717, 1.165) is 5.56 Å². The number of hydrogen-bond donors (Lipinski definition) is 3. The van der Waals surface area contributed by atoms with Crippen LogP contribution in [0.1, 0.15) is 38.8 Å². The molecule has 0 amide bonds. The topological polar surface area (TPSA) is 76.4 Å². The second kappa shape index (κ2) is 11.5. The van der Waals surface area contributed by atoms with Crippen LogP contribution in [0.4, 0.5) is 0 Å². The highest BCUT2D eigenvalue weighted by Crippen LogP contribution is 2.02. The summed E-state index contributed by atoms with van der Waals surface area (Å²) in [5.74, 6) is 10.8. The molecule has 4 heteroatoms. The van der Waals surface area contributed by atoms with Gasteiger partial charge in [0.25, 0.3) is 0 Å². The minimum absolute atomic E-state index is 0.481. The maximum absolute atomic E-state index is 5.19. The molecule has 0 radical (unpaired) electrons. The van der Waals surface area contributed by atoms with Gasteiger partial charge in [0.2, 0.25) is 0 Å². The van der Waals surface area contributed by atoms with E-state index in [0.29, 0.717) is 5.84 Å². The molecule has 0 heterocycles. The number of hydrazine groups is 1. The zero-order chi connectivity index (χ0) is 13.0. The highest BCUT2D eigenvalue weighted by molar-refractivity contribution is 5.98. The van der Waals surface area contributed by atoms with E-state index in [1.165, 1.54) is 5.56 Å². The first-order valence-corrected chi connectivity index (χ1v) is 5.59. The zero-order valence-corrected chi connectivity index (χ0v) is 10.9. The molecule has 0 aliphatic heterocycles. The fraction of sp³-hybridized carbons (Fsp3) is 0.417. The molecule has 0 aliphatic carbocycles. The lowest BCUT2D eigenvalue weighted by atomic mass is 10.1. The average molecular weight is 224 g/mol. The molecule has 0 aliphatic rings. The molecule has 4 nitrogen and oxygen atoms in total. The van der Waals surface area contributed by atoms with Crippen molar-refractivity contribution in [2.45, 2.75) is 34.6 Å². The summed E-state index contributed by atoms with van der Waals surface area (Å²) in [5.41, 5.74) is 4.48. The van der Waals surface area contributed by atoms with Gasteiger partial charge in [0.05, 0.1) is 0 Å². The van der Waals surface area contributed by atoms with Crippen molar-refractivity contribution in [2.24, 2.45) is 16.8 Å². The molecular weight excluding hydrogens is 200 g/mol. The van der Waals surface area contributed by atoms with Crippen molar-refractivity contribution in [3.8, 4) is 0 Å². The summed E-state index contributed by atoms with van der Waals surface area (Å²) in [7, 11) is 0. The molecular formula is C12H24N4. The van der Waals surface area contributed by atoms with E-state index < -0.39 is 0 Å². The Bertz CT molecular complexity index is 278. The van der Waals surface area contributed by atoms with Gasteiger partial charge >= 0.3 is 0 Å². The lowest BCUT2D eigenvalue weighted by Crippen LogP contribution is -2.31. The van der Waals surface area contributed by atoms with Crippen molar-refractivity contribution in [1.29, 1.82) is 0 Å². The molecule has 16 heavy (non-hydrogen) atoms. The fourth-order valence-corrected chi connectivity index (χ4v) is 0.907. The van der Waals surface area contributed by atoms with E-state index >= 15 is 0 Å².